The van der Waals surface area contributed by atoms with Crippen LogP contribution in [-0.4, -0.2) is 35.7 Å². The van der Waals surface area contributed by atoms with Crippen molar-refractivity contribution >= 4 is 17.4 Å². The number of amides is 1. The summed E-state index contributed by atoms with van der Waals surface area (Å²) in [6.45, 7) is 2.46. The van der Waals surface area contributed by atoms with Gasteiger partial charge in [0.1, 0.15) is 5.82 Å². The minimum atomic E-state index is -0.700. The summed E-state index contributed by atoms with van der Waals surface area (Å²) in [5, 5.41) is 0. The van der Waals surface area contributed by atoms with Crippen molar-refractivity contribution in [2.75, 3.05) is 30.9 Å². The number of rotatable bonds is 9. The van der Waals surface area contributed by atoms with Gasteiger partial charge in [0.25, 0.3) is 5.56 Å². The van der Waals surface area contributed by atoms with Crippen LogP contribution in [0.3, 0.4) is 0 Å². The van der Waals surface area contributed by atoms with Crippen molar-refractivity contribution in [1.82, 2.24) is 9.55 Å². The number of H-pyrrole nitrogens is 1. The van der Waals surface area contributed by atoms with E-state index in [0.717, 1.165) is 11.1 Å². The Morgan fingerprint density at radius 3 is 2.34 bits per heavy atom. The summed E-state index contributed by atoms with van der Waals surface area (Å²) in [6, 6.07) is 18.9. The van der Waals surface area contributed by atoms with Gasteiger partial charge in [-0.15, -0.1) is 0 Å². The number of nitrogens with zero attached hydrogens (tertiary/aromatic N) is 2. The van der Waals surface area contributed by atoms with Gasteiger partial charge in [-0.3, -0.25) is 19.1 Å². The molecule has 0 fully saturated rings. The number of methoxy groups -OCH3 is 1. The van der Waals surface area contributed by atoms with E-state index in [4.69, 9.17) is 10.5 Å². The molecule has 1 amide bonds. The lowest BCUT2D eigenvalue weighted by Crippen LogP contribution is -2.43. The Kier molecular flexibility index (Phi) is 7.62. The zero-order valence-electron chi connectivity index (χ0n) is 18.3. The smallest absolute Gasteiger partial charge is 0.330 e. The summed E-state index contributed by atoms with van der Waals surface area (Å²) in [5.41, 5.74) is 6.78. The van der Waals surface area contributed by atoms with Crippen molar-refractivity contribution < 1.29 is 9.53 Å². The quantitative estimate of drug-likeness (QED) is 0.535. The molecule has 32 heavy (non-hydrogen) atoms. The van der Waals surface area contributed by atoms with Crippen molar-refractivity contribution in [2.45, 2.75) is 25.8 Å². The molecule has 0 aliphatic rings. The Balaban J connectivity index is 1.97. The van der Waals surface area contributed by atoms with Crippen LogP contribution >= 0.6 is 0 Å². The molecule has 3 rings (SSSR count). The number of nitrogens with one attached hydrogen (secondary N) is 1. The highest BCUT2D eigenvalue weighted by molar-refractivity contribution is 5.96. The lowest BCUT2D eigenvalue weighted by Gasteiger charge is -2.25. The fourth-order valence-electron chi connectivity index (χ4n) is 3.58. The molecule has 0 saturated carbocycles. The lowest BCUT2D eigenvalue weighted by atomic mass is 9.97. The maximum absolute atomic E-state index is 13.3. The van der Waals surface area contributed by atoms with E-state index in [1.807, 2.05) is 67.6 Å². The SMILES string of the molecule is COCCN(C(=O)CC(C)c1ccccc1)c1c(N)n(Cc2ccccc2)c(=O)[nH]c1=O. The van der Waals surface area contributed by atoms with E-state index in [2.05, 4.69) is 4.98 Å². The van der Waals surface area contributed by atoms with E-state index < -0.39 is 11.2 Å². The second kappa shape index (κ2) is 10.6. The van der Waals surface area contributed by atoms with Crippen molar-refractivity contribution in [3.63, 3.8) is 0 Å². The number of aromatic nitrogens is 2. The number of carbonyl (C=O) groups excluding carboxylic acids is 1. The van der Waals surface area contributed by atoms with Gasteiger partial charge >= 0.3 is 5.69 Å². The highest BCUT2D eigenvalue weighted by atomic mass is 16.5. The van der Waals surface area contributed by atoms with E-state index in [1.165, 1.54) is 16.6 Å². The average Bonchev–Trinajstić information content (AvgIpc) is 2.79. The van der Waals surface area contributed by atoms with Gasteiger partial charge in [-0.05, 0) is 17.0 Å². The number of ether oxygens (including phenoxy) is 1. The minimum absolute atomic E-state index is 0.0390. The molecule has 8 heteroatoms. The van der Waals surface area contributed by atoms with Gasteiger partial charge in [0.2, 0.25) is 5.91 Å². The highest BCUT2D eigenvalue weighted by Gasteiger charge is 2.25. The van der Waals surface area contributed by atoms with Crippen LogP contribution in [0.2, 0.25) is 0 Å². The molecular weight excluding hydrogens is 408 g/mol. The molecule has 0 aliphatic carbocycles. The molecule has 0 aliphatic heterocycles. The van der Waals surface area contributed by atoms with Crippen LogP contribution in [0.5, 0.6) is 0 Å². The van der Waals surface area contributed by atoms with Crippen molar-refractivity contribution in [3.05, 3.63) is 92.6 Å². The van der Waals surface area contributed by atoms with Gasteiger partial charge in [-0.2, -0.15) is 0 Å². The first-order valence-electron chi connectivity index (χ1n) is 10.4. The summed E-state index contributed by atoms with van der Waals surface area (Å²) in [7, 11) is 1.51. The third kappa shape index (κ3) is 5.33. The molecule has 2 aromatic carbocycles. The second-order valence-electron chi connectivity index (χ2n) is 7.62. The molecule has 8 nitrogen and oxygen atoms in total. The van der Waals surface area contributed by atoms with E-state index in [0.29, 0.717) is 0 Å². The van der Waals surface area contributed by atoms with E-state index in [9.17, 15) is 14.4 Å². The monoisotopic (exact) mass is 436 g/mol. The first-order chi connectivity index (χ1) is 15.4. The summed E-state index contributed by atoms with van der Waals surface area (Å²) in [5.74, 6) is -0.399. The first kappa shape index (κ1) is 23.0. The predicted octanol–water partition coefficient (Wildman–Crippen LogP) is 2.34. The molecule has 1 heterocycles. The zero-order chi connectivity index (χ0) is 23.1. The van der Waals surface area contributed by atoms with E-state index in [1.54, 1.807) is 0 Å². The number of carbonyl (C=O) groups is 1. The number of nitrogens with two attached hydrogens (primary N) is 1. The molecule has 1 atom stereocenters. The van der Waals surface area contributed by atoms with Crippen molar-refractivity contribution in [3.8, 4) is 0 Å². The predicted molar refractivity (Wildman–Crippen MR) is 125 cm³/mol. The Bertz CT molecular complexity index is 1160. The molecule has 0 radical (unpaired) electrons. The van der Waals surface area contributed by atoms with Crippen LogP contribution in [-0.2, 0) is 16.1 Å². The van der Waals surface area contributed by atoms with Gasteiger partial charge in [0, 0.05) is 20.1 Å². The third-order valence-electron chi connectivity index (χ3n) is 5.34. The molecule has 0 saturated heterocycles. The number of anilines is 2. The van der Waals surface area contributed by atoms with Gasteiger partial charge < -0.3 is 15.4 Å². The fourth-order valence-corrected chi connectivity index (χ4v) is 3.58. The summed E-state index contributed by atoms with van der Waals surface area (Å²) in [4.78, 5) is 42.1. The molecule has 0 bridgehead atoms. The van der Waals surface area contributed by atoms with Gasteiger partial charge in [0.15, 0.2) is 5.69 Å². The Labute approximate surface area is 186 Å². The highest BCUT2D eigenvalue weighted by Crippen LogP contribution is 2.23. The lowest BCUT2D eigenvalue weighted by molar-refractivity contribution is -0.119. The summed E-state index contributed by atoms with van der Waals surface area (Å²) < 4.78 is 6.41. The van der Waals surface area contributed by atoms with Crippen LogP contribution in [0.1, 0.15) is 30.4 Å². The second-order valence-corrected chi connectivity index (χ2v) is 7.62. The van der Waals surface area contributed by atoms with E-state index >= 15 is 0 Å². The maximum Gasteiger partial charge on any atom is 0.330 e. The van der Waals surface area contributed by atoms with Crippen LogP contribution in [0.25, 0.3) is 0 Å². The Morgan fingerprint density at radius 1 is 1.09 bits per heavy atom. The van der Waals surface area contributed by atoms with Crippen LogP contribution < -0.4 is 21.9 Å². The van der Waals surface area contributed by atoms with Crippen molar-refractivity contribution in [1.29, 1.82) is 0 Å². The van der Waals surface area contributed by atoms with Gasteiger partial charge in [-0.25, -0.2) is 4.79 Å². The Hall–Kier alpha value is -3.65. The molecule has 1 unspecified atom stereocenters. The van der Waals surface area contributed by atoms with Crippen LogP contribution in [0.4, 0.5) is 11.5 Å². The topological polar surface area (TPSA) is 110 Å². The number of aromatic amines is 1. The molecule has 3 aromatic rings. The molecule has 1 aromatic heterocycles. The van der Waals surface area contributed by atoms with Gasteiger partial charge in [0.05, 0.1) is 13.2 Å². The molecule has 0 spiro atoms. The summed E-state index contributed by atoms with van der Waals surface area (Å²) in [6.07, 6.45) is 0.171. The van der Waals surface area contributed by atoms with Crippen LogP contribution in [0, 0.1) is 0 Å². The molecule has 168 valence electrons. The number of nitrogen functional groups attached to an aromatic ring is 1. The third-order valence-corrected chi connectivity index (χ3v) is 5.34. The largest absolute Gasteiger partial charge is 0.383 e. The minimum Gasteiger partial charge on any atom is -0.383 e. The van der Waals surface area contributed by atoms with Crippen LogP contribution in [0.15, 0.2) is 70.3 Å². The first-order valence-corrected chi connectivity index (χ1v) is 10.4. The number of benzene rings is 2. The average molecular weight is 437 g/mol. The number of hydrogen-bond donors (Lipinski definition) is 2. The number of hydrogen-bond acceptors (Lipinski definition) is 5. The molecular formula is C24H28N4O4. The summed E-state index contributed by atoms with van der Waals surface area (Å²) >= 11 is 0. The fraction of sp³-hybridized carbons (Fsp3) is 0.292. The molecule has 3 N–H and O–H groups in total. The van der Waals surface area contributed by atoms with Gasteiger partial charge in [-0.1, -0.05) is 67.6 Å². The zero-order valence-corrected chi connectivity index (χ0v) is 18.3. The van der Waals surface area contributed by atoms with Crippen molar-refractivity contribution in [2.24, 2.45) is 0 Å². The standard InChI is InChI=1S/C24H28N4O4/c1-17(19-11-7-4-8-12-19)15-20(29)27(13-14-32-2)21-22(25)28(24(31)26-23(21)30)16-18-9-5-3-6-10-18/h3-12,17H,13-16,25H2,1-2H3,(H,26,30,31). The normalized spacial score (nSPS) is 11.8. The Morgan fingerprint density at radius 2 is 1.72 bits per heavy atom. The van der Waals surface area contributed by atoms with E-state index in [-0.39, 0.29) is 49.4 Å². The maximum atomic E-state index is 13.3.